The van der Waals surface area contributed by atoms with Crippen LogP contribution in [0.5, 0.6) is 5.88 Å². The van der Waals surface area contributed by atoms with Crippen LogP contribution < -0.4 is 4.74 Å². The third kappa shape index (κ3) is 2.30. The summed E-state index contributed by atoms with van der Waals surface area (Å²) in [4.78, 5) is 15.5. The van der Waals surface area contributed by atoms with Crippen LogP contribution in [-0.4, -0.2) is 36.7 Å². The summed E-state index contributed by atoms with van der Waals surface area (Å²) in [5.41, 5.74) is 0. The zero-order valence-corrected chi connectivity index (χ0v) is 9.65. The number of ether oxygens (including phenoxy) is 4. The Labute approximate surface area is 104 Å². The number of pyridine rings is 1. The smallest absolute Gasteiger partial charge is 0.428 e. The number of rotatable bonds is 2. The second-order valence-corrected chi connectivity index (χ2v) is 4.20. The molecule has 0 amide bonds. The summed E-state index contributed by atoms with van der Waals surface area (Å²) in [7, 11) is 0. The van der Waals surface area contributed by atoms with Crippen LogP contribution in [0, 0.1) is 5.92 Å². The molecule has 1 aromatic heterocycles. The van der Waals surface area contributed by atoms with E-state index in [-0.39, 0.29) is 24.2 Å². The molecule has 2 saturated heterocycles. The average molecular weight is 251 g/mol. The number of nitrogens with zero attached hydrogens (tertiary/aromatic N) is 1. The fourth-order valence-electron chi connectivity index (χ4n) is 2.19. The molecular formula is C12H13NO5. The Morgan fingerprint density at radius 2 is 2.33 bits per heavy atom. The van der Waals surface area contributed by atoms with Crippen LogP contribution in [0.25, 0.3) is 0 Å². The van der Waals surface area contributed by atoms with Crippen molar-refractivity contribution >= 4 is 6.16 Å². The molecule has 0 bridgehead atoms. The van der Waals surface area contributed by atoms with E-state index >= 15 is 0 Å². The number of aromatic nitrogens is 1. The minimum absolute atomic E-state index is 0.112. The first kappa shape index (κ1) is 11.4. The van der Waals surface area contributed by atoms with Crippen molar-refractivity contribution in [3.8, 4) is 5.88 Å². The summed E-state index contributed by atoms with van der Waals surface area (Å²) in [5.74, 6) is 0.335. The first-order valence-corrected chi connectivity index (χ1v) is 5.85. The third-order valence-electron chi connectivity index (χ3n) is 3.06. The van der Waals surface area contributed by atoms with Crippen LogP contribution in [0.2, 0.25) is 0 Å². The van der Waals surface area contributed by atoms with E-state index in [1.54, 1.807) is 24.4 Å². The highest BCUT2D eigenvalue weighted by Crippen LogP contribution is 2.33. The molecule has 1 unspecified atom stereocenters. The van der Waals surface area contributed by atoms with E-state index < -0.39 is 6.16 Å². The highest BCUT2D eigenvalue weighted by atomic mass is 16.8. The number of fused-ring (bicyclic) bond motifs is 1. The third-order valence-corrected chi connectivity index (χ3v) is 3.06. The van der Waals surface area contributed by atoms with Gasteiger partial charge in [-0.05, 0) is 12.5 Å². The van der Waals surface area contributed by atoms with Gasteiger partial charge in [0.25, 0.3) is 0 Å². The zero-order valence-electron chi connectivity index (χ0n) is 9.65. The van der Waals surface area contributed by atoms with Gasteiger partial charge in [-0.3, -0.25) is 0 Å². The predicted molar refractivity (Wildman–Crippen MR) is 58.9 cm³/mol. The van der Waals surface area contributed by atoms with Crippen LogP contribution >= 0.6 is 0 Å². The molecule has 3 atom stereocenters. The minimum atomic E-state index is -0.755. The fraction of sp³-hybridized carbons (Fsp3) is 0.500. The van der Waals surface area contributed by atoms with E-state index in [2.05, 4.69) is 4.98 Å². The van der Waals surface area contributed by atoms with E-state index in [9.17, 15) is 4.79 Å². The van der Waals surface area contributed by atoms with Crippen molar-refractivity contribution in [1.29, 1.82) is 0 Å². The number of carbonyl (C=O) groups excluding carboxylic acids is 1. The molecule has 3 rings (SSSR count). The van der Waals surface area contributed by atoms with Gasteiger partial charge in [-0.15, -0.1) is 0 Å². The Hall–Kier alpha value is -1.66. The minimum Gasteiger partial charge on any atom is -0.428 e. The number of hydrogen-bond donors (Lipinski definition) is 0. The first-order chi connectivity index (χ1) is 8.83. The molecule has 18 heavy (non-hydrogen) atoms. The molecule has 6 nitrogen and oxygen atoms in total. The van der Waals surface area contributed by atoms with Crippen molar-refractivity contribution in [2.75, 3.05) is 13.2 Å². The Kier molecular flexibility index (Phi) is 3.12. The molecule has 2 aliphatic heterocycles. The number of hydrogen-bond acceptors (Lipinski definition) is 6. The number of carbonyl (C=O) groups is 1. The molecule has 6 heteroatoms. The summed E-state index contributed by atoms with van der Waals surface area (Å²) in [5, 5.41) is 0. The summed E-state index contributed by atoms with van der Waals surface area (Å²) in [6.07, 6.45) is 1.09. The summed E-state index contributed by atoms with van der Waals surface area (Å²) < 4.78 is 20.9. The second kappa shape index (κ2) is 4.91. The lowest BCUT2D eigenvalue weighted by Crippen LogP contribution is -2.28. The van der Waals surface area contributed by atoms with Crippen LogP contribution in [0.3, 0.4) is 0 Å². The Morgan fingerprint density at radius 3 is 3.17 bits per heavy atom. The summed E-state index contributed by atoms with van der Waals surface area (Å²) >= 11 is 0. The zero-order chi connectivity index (χ0) is 12.4. The molecule has 0 saturated carbocycles. The summed E-state index contributed by atoms with van der Waals surface area (Å²) in [6, 6.07) is 5.06. The molecule has 3 heterocycles. The quantitative estimate of drug-likeness (QED) is 0.739. The maximum Gasteiger partial charge on any atom is 0.515 e. The topological polar surface area (TPSA) is 66.9 Å². The highest BCUT2D eigenvalue weighted by Gasteiger charge is 2.44. The van der Waals surface area contributed by atoms with E-state index in [4.69, 9.17) is 18.9 Å². The maximum absolute atomic E-state index is 11.6. The van der Waals surface area contributed by atoms with Crippen LogP contribution in [-0.2, 0) is 14.2 Å². The SMILES string of the molecule is O=C(Oc1ccccn1)OC1CO[C@H]2OCC[C@@H]12. The lowest BCUT2D eigenvalue weighted by Gasteiger charge is -2.14. The predicted octanol–water partition coefficient (Wildman–Crippen LogP) is 1.36. The van der Waals surface area contributed by atoms with Crippen LogP contribution in [0.15, 0.2) is 24.4 Å². The van der Waals surface area contributed by atoms with Gasteiger partial charge < -0.3 is 18.9 Å². The average Bonchev–Trinajstić information content (AvgIpc) is 2.95. The van der Waals surface area contributed by atoms with E-state index in [1.165, 1.54) is 0 Å². The van der Waals surface area contributed by atoms with Crippen molar-refractivity contribution in [3.63, 3.8) is 0 Å². The lowest BCUT2D eigenvalue weighted by atomic mass is 10.0. The molecule has 2 aliphatic rings. The second-order valence-electron chi connectivity index (χ2n) is 4.20. The monoisotopic (exact) mass is 251 g/mol. The van der Waals surface area contributed by atoms with Gasteiger partial charge in [0.1, 0.15) is 6.10 Å². The molecular weight excluding hydrogens is 238 g/mol. The Bertz CT molecular complexity index is 424. The van der Waals surface area contributed by atoms with E-state index in [1.807, 2.05) is 0 Å². The standard InChI is InChI=1S/C12H13NO5/c14-12(18-10-3-1-2-5-13-10)17-9-7-16-11-8(9)4-6-15-11/h1-3,5,8-9,11H,4,6-7H2/t8-,9?,11+/m0/s1. The largest absolute Gasteiger partial charge is 0.515 e. The molecule has 96 valence electrons. The lowest BCUT2D eigenvalue weighted by molar-refractivity contribution is -0.0907. The van der Waals surface area contributed by atoms with Gasteiger partial charge in [-0.25, -0.2) is 9.78 Å². The van der Waals surface area contributed by atoms with Crippen LogP contribution in [0.4, 0.5) is 4.79 Å². The van der Waals surface area contributed by atoms with Crippen LogP contribution in [0.1, 0.15) is 6.42 Å². The van der Waals surface area contributed by atoms with Crippen molar-refractivity contribution in [1.82, 2.24) is 4.98 Å². The van der Waals surface area contributed by atoms with Gasteiger partial charge in [-0.1, -0.05) is 6.07 Å². The molecule has 0 aromatic carbocycles. The molecule has 0 aliphatic carbocycles. The van der Waals surface area contributed by atoms with Gasteiger partial charge in [0.05, 0.1) is 19.1 Å². The molecule has 0 spiro atoms. The molecule has 2 fully saturated rings. The molecule has 0 N–H and O–H groups in total. The van der Waals surface area contributed by atoms with E-state index in [0.29, 0.717) is 13.2 Å². The van der Waals surface area contributed by atoms with Gasteiger partial charge in [0, 0.05) is 12.3 Å². The molecule has 0 radical (unpaired) electrons. The van der Waals surface area contributed by atoms with Crippen molar-refractivity contribution in [2.24, 2.45) is 5.92 Å². The summed E-state index contributed by atoms with van der Waals surface area (Å²) in [6.45, 7) is 0.997. The first-order valence-electron chi connectivity index (χ1n) is 5.85. The van der Waals surface area contributed by atoms with Gasteiger partial charge in [0.15, 0.2) is 6.29 Å². The Morgan fingerprint density at radius 1 is 1.39 bits per heavy atom. The van der Waals surface area contributed by atoms with Crippen molar-refractivity contribution in [2.45, 2.75) is 18.8 Å². The highest BCUT2D eigenvalue weighted by molar-refractivity contribution is 5.63. The molecule has 1 aromatic rings. The van der Waals surface area contributed by atoms with Gasteiger partial charge in [-0.2, -0.15) is 0 Å². The Balaban J connectivity index is 1.55. The van der Waals surface area contributed by atoms with Gasteiger partial charge >= 0.3 is 6.16 Å². The normalized spacial score (nSPS) is 29.9. The maximum atomic E-state index is 11.6. The van der Waals surface area contributed by atoms with E-state index in [0.717, 1.165) is 6.42 Å². The fourth-order valence-corrected chi connectivity index (χ4v) is 2.19. The van der Waals surface area contributed by atoms with Gasteiger partial charge in [0.2, 0.25) is 5.88 Å². The van der Waals surface area contributed by atoms with Crippen molar-refractivity contribution < 1.29 is 23.7 Å². The van der Waals surface area contributed by atoms with Crippen molar-refractivity contribution in [3.05, 3.63) is 24.4 Å².